The van der Waals surface area contributed by atoms with Crippen LogP contribution >= 0.6 is 0 Å². The van der Waals surface area contributed by atoms with Crippen LogP contribution in [0, 0.1) is 28.6 Å². The molecule has 2 atom stereocenters. The van der Waals surface area contributed by atoms with Crippen molar-refractivity contribution in [3.63, 3.8) is 0 Å². The molecular formula is C25H38BN3O4. The van der Waals surface area contributed by atoms with Crippen LogP contribution in [0.2, 0.25) is 0 Å². The fourth-order valence-electron chi connectivity index (χ4n) is 4.70. The lowest BCUT2D eigenvalue weighted by Crippen LogP contribution is -2.48. The van der Waals surface area contributed by atoms with E-state index in [9.17, 15) is 24.9 Å². The molecular weight excluding hydrogens is 417 g/mol. The molecule has 1 fully saturated rings. The molecule has 2 rings (SSSR count). The van der Waals surface area contributed by atoms with Crippen LogP contribution in [0.5, 0.6) is 0 Å². The SMILES string of the molecule is CC(C)CC(C)(C#N)C(=O)N1CCC(CCCC(=O)N[C@@H](Cc2ccccc2)B(O)O)CC1. The van der Waals surface area contributed by atoms with Crippen molar-refractivity contribution in [2.75, 3.05) is 13.1 Å². The molecule has 7 nitrogen and oxygen atoms in total. The molecule has 1 aliphatic rings. The van der Waals surface area contributed by atoms with Crippen LogP contribution in [0.4, 0.5) is 0 Å². The van der Waals surface area contributed by atoms with Gasteiger partial charge in [-0.15, -0.1) is 0 Å². The topological polar surface area (TPSA) is 114 Å². The van der Waals surface area contributed by atoms with Crippen molar-refractivity contribution in [1.29, 1.82) is 5.26 Å². The summed E-state index contributed by atoms with van der Waals surface area (Å²) in [7, 11) is -1.62. The first-order valence-corrected chi connectivity index (χ1v) is 12.0. The van der Waals surface area contributed by atoms with E-state index < -0.39 is 18.5 Å². The monoisotopic (exact) mass is 455 g/mol. The Morgan fingerprint density at radius 2 is 1.88 bits per heavy atom. The van der Waals surface area contributed by atoms with Gasteiger partial charge in [0.1, 0.15) is 5.41 Å². The van der Waals surface area contributed by atoms with Gasteiger partial charge in [-0.05, 0) is 62.8 Å². The van der Waals surface area contributed by atoms with Gasteiger partial charge in [0, 0.05) is 19.5 Å². The zero-order chi connectivity index (χ0) is 24.4. The number of hydrogen-bond donors (Lipinski definition) is 3. The summed E-state index contributed by atoms with van der Waals surface area (Å²) in [4.78, 5) is 27.1. The molecule has 0 saturated carbocycles. The Kier molecular flexibility index (Phi) is 10.4. The van der Waals surface area contributed by atoms with Crippen molar-refractivity contribution in [2.24, 2.45) is 17.3 Å². The summed E-state index contributed by atoms with van der Waals surface area (Å²) in [6.45, 7) is 7.10. The third kappa shape index (κ3) is 8.49. The number of amides is 2. The predicted octanol–water partition coefficient (Wildman–Crippen LogP) is 2.71. The number of carbonyl (C=O) groups is 2. The van der Waals surface area contributed by atoms with E-state index in [2.05, 4.69) is 11.4 Å². The van der Waals surface area contributed by atoms with Gasteiger partial charge in [0.05, 0.1) is 12.0 Å². The summed E-state index contributed by atoms with van der Waals surface area (Å²) in [6.07, 6.45) is 4.61. The highest BCUT2D eigenvalue weighted by molar-refractivity contribution is 6.43. The highest BCUT2D eigenvalue weighted by Gasteiger charge is 2.38. The number of nitriles is 1. The number of hydrogen-bond acceptors (Lipinski definition) is 5. The molecule has 1 heterocycles. The fraction of sp³-hybridized carbons (Fsp3) is 0.640. The molecule has 3 N–H and O–H groups in total. The Hall–Kier alpha value is -2.37. The lowest BCUT2D eigenvalue weighted by Gasteiger charge is -2.36. The molecule has 0 aliphatic carbocycles. The number of rotatable bonds is 11. The van der Waals surface area contributed by atoms with Crippen molar-refractivity contribution < 1.29 is 19.6 Å². The Balaban J connectivity index is 1.73. The number of carbonyl (C=O) groups excluding carboxylic acids is 2. The molecule has 0 spiro atoms. The smallest absolute Gasteiger partial charge is 0.426 e. The second-order valence-electron chi connectivity index (χ2n) is 9.95. The van der Waals surface area contributed by atoms with Crippen LogP contribution in [-0.2, 0) is 16.0 Å². The average Bonchev–Trinajstić information content (AvgIpc) is 2.78. The Morgan fingerprint density at radius 1 is 1.24 bits per heavy atom. The van der Waals surface area contributed by atoms with Gasteiger partial charge in [-0.1, -0.05) is 44.2 Å². The van der Waals surface area contributed by atoms with E-state index in [4.69, 9.17) is 0 Å². The van der Waals surface area contributed by atoms with Gasteiger partial charge in [-0.3, -0.25) is 9.59 Å². The van der Waals surface area contributed by atoms with Crippen molar-refractivity contribution >= 4 is 18.9 Å². The third-order valence-corrected chi connectivity index (χ3v) is 6.46. The molecule has 8 heteroatoms. The number of piperidine rings is 1. The van der Waals surface area contributed by atoms with E-state index in [0.717, 1.165) is 24.8 Å². The van der Waals surface area contributed by atoms with E-state index in [1.807, 2.05) is 49.1 Å². The summed E-state index contributed by atoms with van der Waals surface area (Å²) < 4.78 is 0. The molecule has 1 aromatic carbocycles. The maximum absolute atomic E-state index is 12.9. The van der Waals surface area contributed by atoms with E-state index in [1.54, 1.807) is 6.92 Å². The van der Waals surface area contributed by atoms with Crippen LogP contribution in [0.1, 0.15) is 64.9 Å². The molecule has 0 bridgehead atoms. The minimum Gasteiger partial charge on any atom is -0.426 e. The number of likely N-dealkylation sites (tertiary alicyclic amines) is 1. The van der Waals surface area contributed by atoms with E-state index in [1.165, 1.54) is 0 Å². The molecule has 1 aliphatic heterocycles. The molecule has 1 aromatic rings. The Bertz CT molecular complexity index is 804. The van der Waals surface area contributed by atoms with Gasteiger partial charge in [0.25, 0.3) is 0 Å². The molecule has 33 heavy (non-hydrogen) atoms. The lowest BCUT2D eigenvalue weighted by atomic mass is 9.76. The summed E-state index contributed by atoms with van der Waals surface area (Å²) in [5.74, 6) is -0.265. The summed E-state index contributed by atoms with van der Waals surface area (Å²) in [5.41, 5.74) is -0.0368. The minimum atomic E-state index is -1.62. The molecule has 0 radical (unpaired) electrons. The normalized spacial score (nSPS) is 17.2. The van der Waals surface area contributed by atoms with E-state index >= 15 is 0 Å². The third-order valence-electron chi connectivity index (χ3n) is 6.46. The van der Waals surface area contributed by atoms with Gasteiger partial charge in [0.15, 0.2) is 0 Å². The summed E-state index contributed by atoms with van der Waals surface area (Å²) in [6, 6.07) is 11.7. The van der Waals surface area contributed by atoms with Crippen LogP contribution in [-0.4, -0.2) is 52.9 Å². The molecule has 180 valence electrons. The minimum absolute atomic E-state index is 0.0662. The van der Waals surface area contributed by atoms with Crippen molar-refractivity contribution in [3.05, 3.63) is 35.9 Å². The van der Waals surface area contributed by atoms with Gasteiger partial charge in [-0.2, -0.15) is 5.26 Å². The molecule has 2 amide bonds. The first-order valence-electron chi connectivity index (χ1n) is 12.0. The highest BCUT2D eigenvalue weighted by Crippen LogP contribution is 2.31. The zero-order valence-electron chi connectivity index (χ0n) is 20.2. The summed E-state index contributed by atoms with van der Waals surface area (Å²) in [5, 5.41) is 31.6. The number of nitrogens with one attached hydrogen (secondary N) is 1. The summed E-state index contributed by atoms with van der Waals surface area (Å²) >= 11 is 0. The second-order valence-corrected chi connectivity index (χ2v) is 9.95. The Morgan fingerprint density at radius 3 is 2.42 bits per heavy atom. The van der Waals surface area contributed by atoms with Gasteiger partial charge >= 0.3 is 7.12 Å². The van der Waals surface area contributed by atoms with Crippen LogP contribution in [0.3, 0.4) is 0 Å². The number of benzene rings is 1. The standard InChI is InChI=1S/C25H38BN3O4/c1-19(2)17-25(3,18-27)24(31)29-14-12-20(13-15-29)10-7-11-23(30)28-22(26(32)33)16-21-8-5-4-6-9-21/h4-6,8-9,19-20,22,32-33H,7,10-17H2,1-3H3,(H,28,30)/t22-,25?/m0/s1. The molecule has 1 unspecified atom stereocenters. The van der Waals surface area contributed by atoms with Crippen LogP contribution in [0.25, 0.3) is 0 Å². The highest BCUT2D eigenvalue weighted by atomic mass is 16.4. The Labute approximate surface area is 198 Å². The predicted molar refractivity (Wildman–Crippen MR) is 129 cm³/mol. The maximum Gasteiger partial charge on any atom is 0.475 e. The van der Waals surface area contributed by atoms with Crippen molar-refractivity contribution in [3.8, 4) is 6.07 Å². The van der Waals surface area contributed by atoms with Crippen LogP contribution < -0.4 is 5.32 Å². The first-order chi connectivity index (χ1) is 15.6. The quantitative estimate of drug-likeness (QED) is 0.444. The van der Waals surface area contributed by atoms with Gasteiger partial charge < -0.3 is 20.3 Å². The zero-order valence-corrected chi connectivity index (χ0v) is 20.2. The van der Waals surface area contributed by atoms with E-state index in [-0.39, 0.29) is 17.7 Å². The van der Waals surface area contributed by atoms with Crippen molar-refractivity contribution in [2.45, 2.75) is 71.7 Å². The average molecular weight is 455 g/mol. The van der Waals surface area contributed by atoms with Gasteiger partial charge in [-0.25, -0.2) is 0 Å². The fourth-order valence-corrected chi connectivity index (χ4v) is 4.70. The second kappa shape index (κ2) is 12.8. The maximum atomic E-state index is 12.9. The van der Waals surface area contributed by atoms with Crippen molar-refractivity contribution in [1.82, 2.24) is 10.2 Å². The largest absolute Gasteiger partial charge is 0.475 e. The lowest BCUT2D eigenvalue weighted by molar-refractivity contribution is -0.140. The molecule has 0 aromatic heterocycles. The first kappa shape index (κ1) is 26.9. The van der Waals surface area contributed by atoms with Gasteiger partial charge in [0.2, 0.25) is 11.8 Å². The van der Waals surface area contributed by atoms with E-state index in [0.29, 0.717) is 44.7 Å². The number of nitrogens with zero attached hydrogens (tertiary/aromatic N) is 2. The molecule has 1 saturated heterocycles. The van der Waals surface area contributed by atoms with Crippen LogP contribution in [0.15, 0.2) is 30.3 Å².